The van der Waals surface area contributed by atoms with Gasteiger partial charge >= 0.3 is 12.0 Å². The molecule has 7 heteroatoms. The summed E-state index contributed by atoms with van der Waals surface area (Å²) in [6, 6.07) is 0.170. The summed E-state index contributed by atoms with van der Waals surface area (Å²) in [5, 5.41) is 11.8. The van der Waals surface area contributed by atoms with E-state index in [1.54, 1.807) is 4.90 Å². The van der Waals surface area contributed by atoms with Crippen LogP contribution in [0.3, 0.4) is 0 Å². The van der Waals surface area contributed by atoms with Gasteiger partial charge in [0.1, 0.15) is 6.54 Å². The minimum Gasteiger partial charge on any atom is -0.480 e. The summed E-state index contributed by atoms with van der Waals surface area (Å²) >= 11 is 0. The quantitative estimate of drug-likeness (QED) is 0.807. The lowest BCUT2D eigenvalue weighted by atomic mass is 9.97. The summed E-state index contributed by atoms with van der Waals surface area (Å²) in [5.74, 6) is -1.52. The van der Waals surface area contributed by atoms with Crippen LogP contribution in [-0.2, 0) is 9.59 Å². The van der Waals surface area contributed by atoms with Crippen LogP contribution in [0.5, 0.6) is 0 Å². The Morgan fingerprint density at radius 3 is 2.50 bits per heavy atom. The van der Waals surface area contributed by atoms with Crippen molar-refractivity contribution >= 4 is 17.9 Å². The zero-order valence-corrected chi connectivity index (χ0v) is 13.1. The van der Waals surface area contributed by atoms with Gasteiger partial charge in [0, 0.05) is 26.2 Å². The minimum atomic E-state index is -1.03. The van der Waals surface area contributed by atoms with E-state index in [0.717, 1.165) is 32.1 Å². The van der Waals surface area contributed by atoms with Gasteiger partial charge < -0.3 is 20.2 Å². The van der Waals surface area contributed by atoms with E-state index in [4.69, 9.17) is 5.11 Å². The smallest absolute Gasteiger partial charge is 0.323 e. The lowest BCUT2D eigenvalue weighted by Gasteiger charge is -2.34. The van der Waals surface area contributed by atoms with Crippen molar-refractivity contribution in [1.82, 2.24) is 15.1 Å². The van der Waals surface area contributed by atoms with Crippen LogP contribution in [0.4, 0.5) is 4.79 Å². The Morgan fingerprint density at radius 2 is 1.86 bits per heavy atom. The number of hydrogen-bond donors (Lipinski definition) is 2. The maximum atomic E-state index is 12.3. The molecule has 2 fully saturated rings. The third-order valence-corrected chi connectivity index (χ3v) is 4.49. The molecule has 0 bridgehead atoms. The van der Waals surface area contributed by atoms with Crippen molar-refractivity contribution in [3.8, 4) is 0 Å². The monoisotopic (exact) mass is 311 g/mol. The van der Waals surface area contributed by atoms with E-state index in [1.165, 1.54) is 11.9 Å². The number of carbonyl (C=O) groups is 3. The number of nitrogens with zero attached hydrogens (tertiary/aromatic N) is 2. The number of likely N-dealkylation sites (N-methyl/N-ethyl adjacent to an activating group) is 1. The predicted molar refractivity (Wildman–Crippen MR) is 80.4 cm³/mol. The van der Waals surface area contributed by atoms with Crippen molar-refractivity contribution in [2.45, 2.75) is 44.6 Å². The fraction of sp³-hybridized carbons (Fsp3) is 0.800. The van der Waals surface area contributed by atoms with Crippen LogP contribution in [0.25, 0.3) is 0 Å². The van der Waals surface area contributed by atoms with E-state index in [9.17, 15) is 14.4 Å². The number of carbonyl (C=O) groups excluding carboxylic acids is 2. The van der Waals surface area contributed by atoms with Crippen molar-refractivity contribution < 1.29 is 19.5 Å². The molecule has 0 spiro atoms. The van der Waals surface area contributed by atoms with Gasteiger partial charge in [0.25, 0.3) is 0 Å². The Labute approximate surface area is 130 Å². The second-order valence-electron chi connectivity index (χ2n) is 6.30. The van der Waals surface area contributed by atoms with E-state index >= 15 is 0 Å². The summed E-state index contributed by atoms with van der Waals surface area (Å²) in [6.07, 6.45) is 5.86. The van der Waals surface area contributed by atoms with Crippen LogP contribution < -0.4 is 5.32 Å². The summed E-state index contributed by atoms with van der Waals surface area (Å²) in [5.41, 5.74) is 0. The van der Waals surface area contributed by atoms with Crippen LogP contribution in [0.15, 0.2) is 0 Å². The van der Waals surface area contributed by atoms with Crippen molar-refractivity contribution in [2.75, 3.05) is 26.7 Å². The number of urea groups is 1. The van der Waals surface area contributed by atoms with Gasteiger partial charge in [-0.15, -0.1) is 0 Å². The molecule has 1 saturated heterocycles. The molecular formula is C15H25N3O4. The molecule has 1 saturated carbocycles. The zero-order chi connectivity index (χ0) is 16.1. The highest BCUT2D eigenvalue weighted by atomic mass is 16.4. The number of likely N-dealkylation sites (tertiary alicyclic amines) is 1. The van der Waals surface area contributed by atoms with Crippen molar-refractivity contribution in [3.63, 3.8) is 0 Å². The molecule has 2 N–H and O–H groups in total. The number of nitrogens with one attached hydrogen (secondary N) is 1. The Hall–Kier alpha value is -1.79. The molecular weight excluding hydrogens is 286 g/mol. The zero-order valence-electron chi connectivity index (χ0n) is 13.1. The first kappa shape index (κ1) is 16.6. The Morgan fingerprint density at radius 1 is 1.18 bits per heavy atom. The Balaban J connectivity index is 1.86. The van der Waals surface area contributed by atoms with E-state index < -0.39 is 5.97 Å². The van der Waals surface area contributed by atoms with E-state index in [-0.39, 0.29) is 30.4 Å². The first-order valence-corrected chi connectivity index (χ1v) is 7.99. The highest BCUT2D eigenvalue weighted by molar-refractivity contribution is 5.84. The number of aliphatic carboxylic acids is 1. The second-order valence-corrected chi connectivity index (χ2v) is 6.30. The third-order valence-electron chi connectivity index (χ3n) is 4.49. The Bertz CT molecular complexity index is 435. The number of hydrogen-bond acceptors (Lipinski definition) is 3. The van der Waals surface area contributed by atoms with E-state index in [2.05, 4.69) is 5.32 Å². The molecule has 0 radical (unpaired) electrons. The van der Waals surface area contributed by atoms with Gasteiger partial charge in [-0.1, -0.05) is 12.8 Å². The fourth-order valence-corrected chi connectivity index (χ4v) is 3.29. The van der Waals surface area contributed by atoms with E-state index in [0.29, 0.717) is 19.5 Å². The molecule has 1 aliphatic heterocycles. The number of piperidine rings is 1. The molecule has 1 heterocycles. The molecule has 1 aliphatic carbocycles. The molecule has 124 valence electrons. The summed E-state index contributed by atoms with van der Waals surface area (Å²) in [4.78, 5) is 38.1. The van der Waals surface area contributed by atoms with Gasteiger partial charge in [-0.3, -0.25) is 9.59 Å². The fourth-order valence-electron chi connectivity index (χ4n) is 3.29. The molecule has 2 rings (SSSR count). The third kappa shape index (κ3) is 4.35. The molecule has 0 aromatic rings. The highest BCUT2D eigenvalue weighted by Gasteiger charge is 2.31. The van der Waals surface area contributed by atoms with Gasteiger partial charge in [0.15, 0.2) is 0 Å². The largest absolute Gasteiger partial charge is 0.480 e. The number of amides is 3. The first-order chi connectivity index (χ1) is 10.5. The predicted octanol–water partition coefficient (Wildman–Crippen LogP) is 0.894. The van der Waals surface area contributed by atoms with Crippen LogP contribution in [0.2, 0.25) is 0 Å². The molecule has 3 amide bonds. The average Bonchev–Trinajstić information content (AvgIpc) is 2.98. The standard InChI is InChI=1S/C15H25N3O4/c1-17(10-13(19)20)14(21)11-5-4-8-18(9-11)15(22)16-12-6-2-3-7-12/h11-12H,2-10H2,1H3,(H,16,22)(H,19,20). The number of rotatable bonds is 4. The maximum Gasteiger partial charge on any atom is 0.323 e. The van der Waals surface area contributed by atoms with Crippen LogP contribution >= 0.6 is 0 Å². The molecule has 0 aromatic heterocycles. The van der Waals surface area contributed by atoms with Crippen molar-refractivity contribution in [3.05, 3.63) is 0 Å². The highest BCUT2D eigenvalue weighted by Crippen LogP contribution is 2.21. The molecule has 22 heavy (non-hydrogen) atoms. The van der Waals surface area contributed by atoms with Gasteiger partial charge in [0.2, 0.25) is 5.91 Å². The first-order valence-electron chi connectivity index (χ1n) is 7.99. The van der Waals surface area contributed by atoms with Crippen molar-refractivity contribution in [1.29, 1.82) is 0 Å². The topological polar surface area (TPSA) is 90.0 Å². The van der Waals surface area contributed by atoms with Gasteiger partial charge in [-0.25, -0.2) is 4.79 Å². The van der Waals surface area contributed by atoms with Crippen LogP contribution in [0.1, 0.15) is 38.5 Å². The van der Waals surface area contributed by atoms with Gasteiger partial charge in [-0.05, 0) is 25.7 Å². The van der Waals surface area contributed by atoms with Crippen LogP contribution in [0, 0.1) is 5.92 Å². The minimum absolute atomic E-state index is 0.0923. The average molecular weight is 311 g/mol. The number of carboxylic acids is 1. The van der Waals surface area contributed by atoms with Gasteiger partial charge in [0.05, 0.1) is 5.92 Å². The molecule has 7 nitrogen and oxygen atoms in total. The summed E-state index contributed by atoms with van der Waals surface area (Å²) in [7, 11) is 1.49. The molecule has 1 unspecified atom stereocenters. The van der Waals surface area contributed by atoms with Crippen molar-refractivity contribution in [2.24, 2.45) is 5.92 Å². The molecule has 2 aliphatic rings. The molecule has 0 aromatic carbocycles. The lowest BCUT2D eigenvalue weighted by Crippen LogP contribution is -2.51. The maximum absolute atomic E-state index is 12.3. The number of carboxylic acid groups (broad SMARTS) is 1. The lowest BCUT2D eigenvalue weighted by molar-refractivity contribution is -0.145. The van der Waals surface area contributed by atoms with Gasteiger partial charge in [-0.2, -0.15) is 0 Å². The Kier molecular flexibility index (Phi) is 5.63. The van der Waals surface area contributed by atoms with E-state index in [1.807, 2.05) is 0 Å². The summed E-state index contributed by atoms with van der Waals surface area (Å²) in [6.45, 7) is 0.732. The normalized spacial score (nSPS) is 22.4. The second kappa shape index (κ2) is 7.47. The summed E-state index contributed by atoms with van der Waals surface area (Å²) < 4.78 is 0. The SMILES string of the molecule is CN(CC(=O)O)C(=O)C1CCCN(C(=O)NC2CCCC2)C1. The van der Waals surface area contributed by atoms with Crippen LogP contribution in [-0.4, -0.2) is 65.5 Å². The molecule has 1 atom stereocenters.